The molecule has 2 aliphatic heterocycles. The highest BCUT2D eigenvalue weighted by Gasteiger charge is 2.47. The van der Waals surface area contributed by atoms with E-state index in [0.717, 1.165) is 48.5 Å². The van der Waals surface area contributed by atoms with Crippen LogP contribution in [-0.4, -0.2) is 139 Å². The van der Waals surface area contributed by atoms with E-state index in [1.807, 2.05) is 48.5 Å². The molecule has 0 saturated carbocycles. The minimum atomic E-state index is -4.78. The van der Waals surface area contributed by atoms with Crippen molar-refractivity contribution in [3.63, 3.8) is 0 Å². The first-order valence-corrected chi connectivity index (χ1v) is 31.8. The highest BCUT2D eigenvalue weighted by molar-refractivity contribution is 7.46. The number of carbonyl (C=O) groups is 4. The Morgan fingerprint density at radius 3 is 2.16 bits per heavy atom. The number of nitrogens with one attached hydrogen (secondary N) is 2. The third kappa shape index (κ3) is 18.8. The summed E-state index contributed by atoms with van der Waals surface area (Å²) in [5.74, 6) is -1.81. The second-order valence-corrected chi connectivity index (χ2v) is 25.8. The Morgan fingerprint density at radius 1 is 0.891 bits per heavy atom. The first-order chi connectivity index (χ1) is 43.5. The van der Waals surface area contributed by atoms with E-state index >= 15 is 4.39 Å². The summed E-state index contributed by atoms with van der Waals surface area (Å²) >= 11 is 0. The topological polar surface area (TPSA) is 299 Å². The number of phosphoric ester groups is 1. The average Bonchev–Trinajstić information content (AvgIpc) is 1.62. The number of pyridine rings is 1. The summed E-state index contributed by atoms with van der Waals surface area (Å²) in [6.45, 7) is 18.2. The van der Waals surface area contributed by atoms with Gasteiger partial charge in [0.25, 0.3) is 6.33 Å². The van der Waals surface area contributed by atoms with Crippen LogP contribution in [0.3, 0.4) is 0 Å². The van der Waals surface area contributed by atoms with Crippen molar-refractivity contribution in [1.29, 1.82) is 0 Å². The molecule has 0 bridgehead atoms. The van der Waals surface area contributed by atoms with Crippen LogP contribution in [0.15, 0.2) is 109 Å². The van der Waals surface area contributed by atoms with Gasteiger partial charge in [-0.2, -0.15) is 9.67 Å². The van der Waals surface area contributed by atoms with E-state index in [1.165, 1.54) is 63.5 Å². The molecule has 5 heterocycles. The van der Waals surface area contributed by atoms with Gasteiger partial charge in [0.2, 0.25) is 12.6 Å². The Kier molecular flexibility index (Phi) is 22.5. The Balaban J connectivity index is 0.832. The molecule has 2 fully saturated rings. The molecule has 8 rings (SSSR count). The molecule has 2 aliphatic rings. The van der Waals surface area contributed by atoms with Crippen LogP contribution in [0.4, 0.5) is 40.4 Å². The van der Waals surface area contributed by atoms with Crippen LogP contribution in [0.5, 0.6) is 5.75 Å². The quantitative estimate of drug-likeness (QED) is 0.0139. The van der Waals surface area contributed by atoms with Crippen molar-refractivity contribution in [3.8, 4) is 11.4 Å². The fraction of sp³-hybridized carbons (Fsp3) is 0.500. The van der Waals surface area contributed by atoms with Crippen LogP contribution >= 0.6 is 7.82 Å². The third-order valence-corrected chi connectivity index (χ3v) is 15.8. The molecule has 27 nitrogen and oxygen atoms in total. The number of piperazine rings is 1. The van der Waals surface area contributed by atoms with E-state index in [0.29, 0.717) is 23.4 Å². The Hall–Kier alpha value is -8.50. The minimum absolute atomic E-state index is 0.00325. The molecule has 3 aromatic heterocycles. The van der Waals surface area contributed by atoms with Crippen LogP contribution < -0.4 is 40.3 Å². The van der Waals surface area contributed by atoms with Gasteiger partial charge in [0.05, 0.1) is 31.0 Å². The maximum Gasteiger partial charge on any atom is 0.469 e. The second kappa shape index (κ2) is 29.8. The number of esters is 1. The molecule has 498 valence electrons. The molecule has 0 aliphatic carbocycles. The molecule has 0 radical (unpaired) electrons. The molecule has 1 unspecified atom stereocenters. The first kappa shape index (κ1) is 69.4. The number of phosphoric acid groups is 1. The van der Waals surface area contributed by atoms with Gasteiger partial charge in [0.1, 0.15) is 65.5 Å². The summed E-state index contributed by atoms with van der Waals surface area (Å²) in [5.41, 5.74) is -0.287. The summed E-state index contributed by atoms with van der Waals surface area (Å²) in [6.07, 6.45) is 2.59. The predicted molar refractivity (Wildman–Crippen MR) is 331 cm³/mol. The van der Waals surface area contributed by atoms with Crippen molar-refractivity contribution in [2.75, 3.05) is 67.7 Å². The number of hydrogen-bond acceptors (Lipinski definition) is 18. The highest BCUT2D eigenvalue weighted by Crippen LogP contribution is 2.43. The number of ether oxygens (including phenoxy) is 6. The largest absolute Gasteiger partial charge is 0.493 e. The van der Waals surface area contributed by atoms with E-state index < -0.39 is 90.6 Å². The van der Waals surface area contributed by atoms with Crippen molar-refractivity contribution in [2.45, 2.75) is 142 Å². The van der Waals surface area contributed by atoms with Gasteiger partial charge >= 0.3 is 37.8 Å². The van der Waals surface area contributed by atoms with Crippen LogP contribution in [0.25, 0.3) is 5.69 Å². The van der Waals surface area contributed by atoms with E-state index in [2.05, 4.69) is 35.6 Å². The van der Waals surface area contributed by atoms with E-state index in [-0.39, 0.29) is 69.5 Å². The summed E-state index contributed by atoms with van der Waals surface area (Å²) in [4.78, 5) is 94.3. The van der Waals surface area contributed by atoms with Gasteiger partial charge in [0, 0.05) is 92.5 Å². The number of nitrogens with zero attached hydrogens (tertiary/aromatic N) is 10. The highest BCUT2D eigenvalue weighted by atomic mass is 31.2. The Morgan fingerprint density at radius 2 is 1.53 bits per heavy atom. The van der Waals surface area contributed by atoms with Crippen molar-refractivity contribution in [2.24, 2.45) is 5.92 Å². The molecule has 92 heavy (non-hydrogen) atoms. The number of aromatic nitrogens is 7. The zero-order valence-corrected chi connectivity index (χ0v) is 54.2. The Labute approximate surface area is 531 Å². The van der Waals surface area contributed by atoms with Crippen molar-refractivity contribution < 1.29 is 79.8 Å². The monoisotopic (exact) mass is 1300 g/mol. The summed E-state index contributed by atoms with van der Waals surface area (Å²) in [6, 6.07) is 20.0. The number of benzene rings is 3. The predicted octanol–water partition coefficient (Wildman–Crippen LogP) is 8.01. The molecular formula is C62H82F2N12O15P+. The van der Waals surface area contributed by atoms with Crippen LogP contribution in [0.2, 0.25) is 0 Å². The number of rotatable bonds is 25. The molecule has 0 spiro atoms. The maximum atomic E-state index is 15.8. The lowest BCUT2D eigenvalue weighted by Gasteiger charge is -2.37. The zero-order valence-electron chi connectivity index (χ0n) is 53.3. The SMILES string of the molecule is CC[C@@H]([C@H](C)OP(=O)(O)O)n1ncn(-c2ccc(N3CCN(c4ccc(OC[C@@H]5CO[C@@](Cn6c[n+](C(C)OC(=O)N(C)c7ncccc7COC(=O)[C@H](CCCNC(=O)OC(C)(C)C)NC(=O)OC(C)(C)C)cn6)(c6ccc(F)cc6F)C5)cc4)CC3)cc2)c1=O. The lowest BCUT2D eigenvalue weighted by atomic mass is 9.87. The lowest BCUT2D eigenvalue weighted by molar-refractivity contribution is -0.753. The number of hydrogen-bond donors (Lipinski definition) is 4. The minimum Gasteiger partial charge on any atom is -0.493 e. The maximum absolute atomic E-state index is 15.8. The van der Waals surface area contributed by atoms with E-state index in [4.69, 9.17) is 32.9 Å². The molecule has 6 atom stereocenters. The van der Waals surface area contributed by atoms with Gasteiger partial charge in [-0.25, -0.2) is 51.6 Å². The number of amides is 3. The normalized spacial score (nSPS) is 17.5. The van der Waals surface area contributed by atoms with Crippen LogP contribution in [-0.2, 0) is 56.3 Å². The summed E-state index contributed by atoms with van der Waals surface area (Å²) < 4.78 is 87.0. The number of carbonyl (C=O) groups excluding carboxylic acids is 4. The van der Waals surface area contributed by atoms with Crippen LogP contribution in [0.1, 0.15) is 111 Å². The number of anilines is 3. The number of alkyl carbamates (subject to hydrolysis) is 2. The fourth-order valence-corrected chi connectivity index (χ4v) is 11.4. The van der Waals surface area contributed by atoms with Crippen molar-refractivity contribution in [3.05, 3.63) is 137 Å². The van der Waals surface area contributed by atoms with Gasteiger partial charge in [-0.05, 0) is 135 Å². The first-order valence-electron chi connectivity index (χ1n) is 30.2. The smallest absolute Gasteiger partial charge is 0.469 e. The number of halogens is 2. The van der Waals surface area contributed by atoms with Gasteiger partial charge in [-0.3, -0.25) is 9.42 Å². The molecule has 30 heteroatoms. The average molecular weight is 1300 g/mol. The van der Waals surface area contributed by atoms with Crippen LogP contribution in [0, 0.1) is 17.6 Å². The summed E-state index contributed by atoms with van der Waals surface area (Å²) in [5, 5.41) is 13.9. The zero-order chi connectivity index (χ0) is 66.7. The summed E-state index contributed by atoms with van der Waals surface area (Å²) in [7, 11) is -3.34. The van der Waals surface area contributed by atoms with E-state index in [1.54, 1.807) is 73.8 Å². The Bertz CT molecular complexity index is 3600. The molecule has 4 N–H and O–H groups in total. The van der Waals surface area contributed by atoms with Gasteiger partial charge in [-0.1, -0.05) is 19.1 Å². The van der Waals surface area contributed by atoms with Crippen molar-refractivity contribution in [1.82, 2.24) is 39.7 Å². The van der Waals surface area contributed by atoms with Crippen molar-refractivity contribution >= 4 is 49.3 Å². The second-order valence-electron chi connectivity index (χ2n) is 24.6. The fourth-order valence-electron chi connectivity index (χ4n) is 10.8. The molecule has 2 saturated heterocycles. The van der Waals surface area contributed by atoms with Gasteiger partial charge in [-0.15, -0.1) is 4.68 Å². The molecule has 3 amide bonds. The lowest BCUT2D eigenvalue weighted by Crippen LogP contribution is -2.46. The standard InChI is InChI=1S/C62H81F2N12O15P/c1-11-53(41(2)91-92(82,83)84)76-58(80)75(39-68-76)48-19-17-46(18-20-48)71-28-30-72(31-29-71)47-21-23-49(24-22-47)85-34-43-33-62(87-35-43,50-25-16-45(63)32-51(50)64)37-74-40-73(38-67-74)42(3)88-59(81)70(10)54-44(14-12-26-65-54)36-86-55(77)52(69-57(79)90-61(7,8)9)15-13-27-66-56(78)89-60(4,5)6/h12,14,16-26,32,38-43,52-53H,11,13,15,27-31,33-37H2,1-10H3,(H3-,66,69,78,79,82,83,84)/p+1/t41-,42?,43+,52-,53-,62-/m0/s1. The van der Waals surface area contributed by atoms with Gasteiger partial charge in [0.15, 0.2) is 0 Å². The van der Waals surface area contributed by atoms with E-state index in [9.17, 15) is 42.7 Å². The molecular weight excluding hydrogens is 1220 g/mol. The molecule has 6 aromatic rings. The molecule has 3 aromatic carbocycles. The van der Waals surface area contributed by atoms with Gasteiger partial charge < -0.3 is 58.6 Å². The third-order valence-electron chi connectivity index (χ3n) is 15.2.